The molecule has 1 aromatic heterocycles. The smallest absolute Gasteiger partial charge is 0.312 e. The maximum absolute atomic E-state index is 13.3. The molecule has 1 heterocycles. The SMILES string of the molecule is COc1cc2c(cc1NC(=O)COC(=O)C13CC4CC(CC(NC(C)=O)(C4)C1)C3)oc1ccccc12. The molecule has 4 aliphatic rings. The molecule has 4 bridgehead atoms. The topological polar surface area (TPSA) is 107 Å². The minimum atomic E-state index is -0.627. The summed E-state index contributed by atoms with van der Waals surface area (Å²) < 4.78 is 17.0. The molecule has 8 nitrogen and oxygen atoms in total. The van der Waals surface area contributed by atoms with E-state index in [1.165, 1.54) is 14.0 Å². The van der Waals surface area contributed by atoms with Crippen LogP contribution in [0.2, 0.25) is 0 Å². The fourth-order valence-electron chi connectivity index (χ4n) is 7.51. The zero-order chi connectivity index (χ0) is 25.1. The number of ether oxygens (including phenoxy) is 2. The molecule has 3 aromatic rings. The molecule has 2 unspecified atom stereocenters. The van der Waals surface area contributed by atoms with Gasteiger partial charge in [0, 0.05) is 29.3 Å². The molecule has 188 valence electrons. The number of rotatable bonds is 6. The Balaban J connectivity index is 1.16. The van der Waals surface area contributed by atoms with Crippen LogP contribution in [-0.4, -0.2) is 37.0 Å². The highest BCUT2D eigenvalue weighted by Crippen LogP contribution is 2.62. The molecule has 2 N–H and O–H groups in total. The molecule has 0 aliphatic heterocycles. The number of methoxy groups -OCH3 is 1. The molecule has 0 spiro atoms. The Bertz CT molecular complexity index is 1380. The van der Waals surface area contributed by atoms with Crippen LogP contribution in [0.1, 0.15) is 45.4 Å². The Hall–Kier alpha value is -3.55. The van der Waals surface area contributed by atoms with E-state index >= 15 is 0 Å². The molecular formula is C28H30N2O6. The van der Waals surface area contributed by atoms with Gasteiger partial charge in [0.25, 0.3) is 5.91 Å². The molecule has 7 rings (SSSR count). The van der Waals surface area contributed by atoms with Crippen LogP contribution >= 0.6 is 0 Å². The maximum atomic E-state index is 13.3. The van der Waals surface area contributed by atoms with Gasteiger partial charge in [0.15, 0.2) is 6.61 Å². The van der Waals surface area contributed by atoms with E-state index in [1.807, 2.05) is 30.3 Å². The molecule has 4 saturated carbocycles. The van der Waals surface area contributed by atoms with Crippen LogP contribution in [0, 0.1) is 17.3 Å². The van der Waals surface area contributed by atoms with Crippen molar-refractivity contribution >= 4 is 45.4 Å². The number of carbonyl (C=O) groups is 3. The Morgan fingerprint density at radius 3 is 2.50 bits per heavy atom. The van der Waals surface area contributed by atoms with Crippen LogP contribution in [-0.2, 0) is 19.1 Å². The molecule has 0 radical (unpaired) electrons. The van der Waals surface area contributed by atoms with Gasteiger partial charge in [0.1, 0.15) is 16.9 Å². The second-order valence-electron chi connectivity index (χ2n) is 11.0. The average Bonchev–Trinajstić information content (AvgIpc) is 3.17. The summed E-state index contributed by atoms with van der Waals surface area (Å²) in [5, 5.41) is 7.81. The second-order valence-corrected chi connectivity index (χ2v) is 11.0. The molecule has 36 heavy (non-hydrogen) atoms. The van der Waals surface area contributed by atoms with Crippen molar-refractivity contribution in [3.63, 3.8) is 0 Å². The van der Waals surface area contributed by atoms with E-state index in [9.17, 15) is 14.4 Å². The third-order valence-electron chi connectivity index (χ3n) is 8.24. The monoisotopic (exact) mass is 490 g/mol. The lowest BCUT2D eigenvalue weighted by molar-refractivity contribution is -0.176. The number of nitrogens with one attached hydrogen (secondary N) is 2. The fourth-order valence-corrected chi connectivity index (χ4v) is 7.51. The van der Waals surface area contributed by atoms with E-state index in [0.29, 0.717) is 35.3 Å². The van der Waals surface area contributed by atoms with Gasteiger partial charge in [-0.25, -0.2) is 0 Å². The Kier molecular flexibility index (Phi) is 5.24. The number of esters is 1. The van der Waals surface area contributed by atoms with Crippen molar-refractivity contribution in [3.8, 4) is 5.75 Å². The fraction of sp³-hybridized carbons (Fsp3) is 0.464. The predicted octanol–water partition coefficient (Wildman–Crippen LogP) is 4.55. The van der Waals surface area contributed by atoms with Gasteiger partial charge >= 0.3 is 5.97 Å². The van der Waals surface area contributed by atoms with E-state index in [0.717, 1.165) is 48.5 Å². The summed E-state index contributed by atoms with van der Waals surface area (Å²) in [6.45, 7) is 1.15. The quantitative estimate of drug-likeness (QED) is 0.491. The number of furan rings is 1. The molecule has 2 amide bonds. The molecular weight excluding hydrogens is 460 g/mol. The maximum Gasteiger partial charge on any atom is 0.312 e. The number of amides is 2. The Morgan fingerprint density at radius 2 is 1.78 bits per heavy atom. The zero-order valence-corrected chi connectivity index (χ0v) is 20.5. The van der Waals surface area contributed by atoms with Crippen molar-refractivity contribution < 1.29 is 28.3 Å². The number of hydrogen-bond acceptors (Lipinski definition) is 6. The van der Waals surface area contributed by atoms with Crippen LogP contribution in [0.3, 0.4) is 0 Å². The van der Waals surface area contributed by atoms with Gasteiger partial charge < -0.3 is 24.5 Å². The summed E-state index contributed by atoms with van der Waals surface area (Å²) in [6, 6.07) is 11.3. The lowest BCUT2D eigenvalue weighted by Gasteiger charge is -2.60. The van der Waals surface area contributed by atoms with Gasteiger partial charge in [-0.2, -0.15) is 0 Å². The van der Waals surface area contributed by atoms with E-state index in [4.69, 9.17) is 13.9 Å². The summed E-state index contributed by atoms with van der Waals surface area (Å²) in [4.78, 5) is 38.0. The number of hydrogen-bond donors (Lipinski definition) is 2. The van der Waals surface area contributed by atoms with Crippen molar-refractivity contribution in [3.05, 3.63) is 36.4 Å². The number of para-hydroxylation sites is 1. The second kappa shape index (κ2) is 8.25. The lowest BCUT2D eigenvalue weighted by atomic mass is 9.47. The first-order valence-corrected chi connectivity index (χ1v) is 12.5. The first kappa shape index (κ1) is 22.9. The molecule has 4 fully saturated rings. The van der Waals surface area contributed by atoms with Crippen LogP contribution in [0.5, 0.6) is 5.75 Å². The van der Waals surface area contributed by atoms with Crippen molar-refractivity contribution in [2.45, 2.75) is 51.0 Å². The molecule has 8 heteroatoms. The highest BCUT2D eigenvalue weighted by molar-refractivity contribution is 6.08. The van der Waals surface area contributed by atoms with Crippen molar-refractivity contribution in [1.82, 2.24) is 5.32 Å². The van der Waals surface area contributed by atoms with E-state index in [1.54, 1.807) is 6.07 Å². The van der Waals surface area contributed by atoms with E-state index < -0.39 is 11.3 Å². The van der Waals surface area contributed by atoms with E-state index in [2.05, 4.69) is 10.6 Å². The van der Waals surface area contributed by atoms with Gasteiger partial charge in [-0.15, -0.1) is 0 Å². The summed E-state index contributed by atoms with van der Waals surface area (Å²) in [7, 11) is 1.54. The summed E-state index contributed by atoms with van der Waals surface area (Å²) in [5.74, 6) is 0.459. The highest BCUT2D eigenvalue weighted by atomic mass is 16.5. The first-order chi connectivity index (χ1) is 17.3. The summed E-state index contributed by atoms with van der Waals surface area (Å²) in [6.07, 6.45) is 5.06. The van der Waals surface area contributed by atoms with Crippen LogP contribution < -0.4 is 15.4 Å². The Labute approximate surface area is 208 Å². The number of anilines is 1. The normalized spacial score (nSPS) is 28.3. The number of carbonyl (C=O) groups excluding carboxylic acids is 3. The molecule has 2 atom stereocenters. The predicted molar refractivity (Wildman–Crippen MR) is 134 cm³/mol. The minimum absolute atomic E-state index is 0.0600. The van der Waals surface area contributed by atoms with Crippen LogP contribution in [0.4, 0.5) is 5.69 Å². The van der Waals surface area contributed by atoms with Crippen LogP contribution in [0.15, 0.2) is 40.8 Å². The average molecular weight is 491 g/mol. The standard InChI is InChI=1S/C28H30N2O6/c1-16(31)30-28-12-17-7-18(13-28)11-27(10-17,15-28)26(33)35-14-25(32)29-21-9-23-20(8-24(21)34-2)19-5-3-4-6-22(19)36-23/h3-6,8-9,17-18H,7,10-15H2,1-2H3,(H,29,32)(H,30,31). The number of benzene rings is 2. The molecule has 2 aromatic carbocycles. The first-order valence-electron chi connectivity index (χ1n) is 12.5. The van der Waals surface area contributed by atoms with Crippen LogP contribution in [0.25, 0.3) is 21.9 Å². The van der Waals surface area contributed by atoms with Crippen molar-refractivity contribution in [2.24, 2.45) is 17.3 Å². The van der Waals surface area contributed by atoms with Gasteiger partial charge in [0.2, 0.25) is 5.91 Å². The van der Waals surface area contributed by atoms with E-state index in [-0.39, 0.29) is 24.0 Å². The lowest BCUT2D eigenvalue weighted by Crippen LogP contribution is -2.64. The Morgan fingerprint density at radius 1 is 1.03 bits per heavy atom. The third kappa shape index (κ3) is 3.79. The zero-order valence-electron chi connectivity index (χ0n) is 20.5. The summed E-state index contributed by atoms with van der Waals surface area (Å²) in [5.41, 5.74) is 0.870. The largest absolute Gasteiger partial charge is 0.495 e. The van der Waals surface area contributed by atoms with Crippen molar-refractivity contribution in [1.29, 1.82) is 0 Å². The molecule has 4 aliphatic carbocycles. The third-order valence-corrected chi connectivity index (χ3v) is 8.24. The minimum Gasteiger partial charge on any atom is -0.495 e. The highest BCUT2D eigenvalue weighted by Gasteiger charge is 2.61. The van der Waals surface area contributed by atoms with Gasteiger partial charge in [-0.3, -0.25) is 14.4 Å². The summed E-state index contributed by atoms with van der Waals surface area (Å²) >= 11 is 0. The van der Waals surface area contributed by atoms with Gasteiger partial charge in [-0.05, 0) is 62.5 Å². The van der Waals surface area contributed by atoms with Gasteiger partial charge in [0.05, 0.1) is 18.2 Å². The van der Waals surface area contributed by atoms with Crippen molar-refractivity contribution in [2.75, 3.05) is 19.0 Å². The molecule has 0 saturated heterocycles. The van der Waals surface area contributed by atoms with Gasteiger partial charge in [-0.1, -0.05) is 18.2 Å². The number of fused-ring (bicyclic) bond motifs is 3.